The Morgan fingerprint density at radius 2 is 1.71 bits per heavy atom. The topological polar surface area (TPSA) is 123 Å². The molecule has 0 atom stereocenters. The molecule has 5 amide bonds. The Morgan fingerprint density at radius 3 is 2.35 bits per heavy atom. The molecular weight excluding hydrogens is 402 g/mol. The lowest BCUT2D eigenvalue weighted by atomic mass is 10.1. The van der Waals surface area contributed by atoms with Crippen LogP contribution in [0.25, 0.3) is 6.08 Å². The highest BCUT2D eigenvalue weighted by Crippen LogP contribution is 2.29. The van der Waals surface area contributed by atoms with Gasteiger partial charge in [-0.1, -0.05) is 23.8 Å². The van der Waals surface area contributed by atoms with Gasteiger partial charge in [-0.15, -0.1) is 0 Å². The van der Waals surface area contributed by atoms with E-state index in [2.05, 4.69) is 5.32 Å². The second-order valence-electron chi connectivity index (χ2n) is 6.86. The van der Waals surface area contributed by atoms with Gasteiger partial charge in [-0.25, -0.2) is 4.79 Å². The predicted molar refractivity (Wildman–Crippen MR) is 113 cm³/mol. The molecule has 1 fully saturated rings. The number of rotatable bonds is 6. The summed E-state index contributed by atoms with van der Waals surface area (Å²) in [5, 5.41) is 6.80. The number of amides is 5. The maximum absolute atomic E-state index is 12.2. The molecule has 0 aromatic heterocycles. The number of anilines is 1. The zero-order chi connectivity index (χ0) is 22.5. The monoisotopic (exact) mass is 423 g/mol. The zero-order valence-electron chi connectivity index (χ0n) is 17.2. The van der Waals surface area contributed by atoms with Crippen LogP contribution in [0.5, 0.6) is 11.5 Å². The normalized spacial score (nSPS) is 13.3. The minimum atomic E-state index is -0.868. The van der Waals surface area contributed by atoms with Gasteiger partial charge >= 0.3 is 6.03 Å². The molecule has 31 heavy (non-hydrogen) atoms. The fourth-order valence-electron chi connectivity index (χ4n) is 2.95. The maximum Gasteiger partial charge on any atom is 0.328 e. The van der Waals surface area contributed by atoms with E-state index in [0.29, 0.717) is 22.7 Å². The SMILES string of the molecule is COc1cc(C=C2C(=O)NC(=O)NC2=O)ccc1OCC(=O)Nc1ccc(C)cc1C. The maximum atomic E-state index is 12.2. The minimum absolute atomic E-state index is 0.219. The molecule has 0 aliphatic carbocycles. The number of carbonyl (C=O) groups is 4. The Morgan fingerprint density at radius 1 is 1.00 bits per heavy atom. The lowest BCUT2D eigenvalue weighted by molar-refractivity contribution is -0.124. The molecular formula is C22H21N3O6. The number of methoxy groups -OCH3 is 1. The average Bonchev–Trinajstić information content (AvgIpc) is 2.71. The highest BCUT2D eigenvalue weighted by Gasteiger charge is 2.27. The first-order valence-electron chi connectivity index (χ1n) is 9.33. The van der Waals surface area contributed by atoms with Gasteiger partial charge in [0.25, 0.3) is 17.7 Å². The molecule has 0 saturated carbocycles. The van der Waals surface area contributed by atoms with Crippen LogP contribution in [0.3, 0.4) is 0 Å². The summed E-state index contributed by atoms with van der Waals surface area (Å²) < 4.78 is 10.9. The first-order chi connectivity index (χ1) is 14.8. The summed E-state index contributed by atoms with van der Waals surface area (Å²) in [4.78, 5) is 47.1. The molecule has 3 rings (SSSR count). The number of aryl methyl sites for hydroxylation is 2. The van der Waals surface area contributed by atoms with Crippen molar-refractivity contribution in [1.29, 1.82) is 0 Å². The van der Waals surface area contributed by atoms with Crippen LogP contribution in [0.1, 0.15) is 16.7 Å². The number of hydrogen-bond donors (Lipinski definition) is 3. The fraction of sp³-hybridized carbons (Fsp3) is 0.182. The van der Waals surface area contributed by atoms with Crippen LogP contribution >= 0.6 is 0 Å². The molecule has 0 unspecified atom stereocenters. The molecule has 0 bridgehead atoms. The summed E-state index contributed by atoms with van der Waals surface area (Å²) in [6.45, 7) is 3.64. The van der Waals surface area contributed by atoms with Crippen molar-refractivity contribution in [3.8, 4) is 11.5 Å². The van der Waals surface area contributed by atoms with Gasteiger partial charge < -0.3 is 14.8 Å². The summed E-state index contributed by atoms with van der Waals surface area (Å²) in [5.74, 6) is -1.30. The van der Waals surface area contributed by atoms with Crippen molar-refractivity contribution in [1.82, 2.24) is 10.6 Å². The summed E-state index contributed by atoms with van der Waals surface area (Å²) in [6.07, 6.45) is 1.32. The number of barbiturate groups is 1. The van der Waals surface area contributed by atoms with Gasteiger partial charge in [0.1, 0.15) is 5.57 Å². The summed E-state index contributed by atoms with van der Waals surface area (Å²) in [7, 11) is 1.42. The molecule has 2 aromatic rings. The molecule has 160 valence electrons. The predicted octanol–water partition coefficient (Wildman–Crippen LogP) is 2.08. The third kappa shape index (κ3) is 5.27. The van der Waals surface area contributed by atoms with E-state index >= 15 is 0 Å². The summed E-state index contributed by atoms with van der Waals surface area (Å²) >= 11 is 0. The lowest BCUT2D eigenvalue weighted by Crippen LogP contribution is -2.51. The van der Waals surface area contributed by atoms with Gasteiger partial charge in [0.15, 0.2) is 18.1 Å². The Bertz CT molecular complexity index is 1080. The van der Waals surface area contributed by atoms with Crippen molar-refractivity contribution < 1.29 is 28.7 Å². The van der Waals surface area contributed by atoms with Crippen LogP contribution < -0.4 is 25.4 Å². The Hall–Kier alpha value is -4.14. The standard InChI is InChI=1S/C22H21N3O6/c1-12-4-6-16(13(2)8-12)23-19(26)11-31-17-7-5-14(10-18(17)30-3)9-15-20(27)24-22(29)25-21(15)28/h4-10H,11H2,1-3H3,(H,23,26)(H2,24,25,27,28,29). The van der Waals surface area contributed by atoms with E-state index in [4.69, 9.17) is 9.47 Å². The van der Waals surface area contributed by atoms with Gasteiger partial charge in [-0.05, 0) is 49.2 Å². The first kappa shape index (κ1) is 21.6. The van der Waals surface area contributed by atoms with Gasteiger partial charge in [-0.3, -0.25) is 25.0 Å². The van der Waals surface area contributed by atoms with Gasteiger partial charge in [0, 0.05) is 5.69 Å². The van der Waals surface area contributed by atoms with Crippen LogP contribution in [0.4, 0.5) is 10.5 Å². The number of imide groups is 2. The van der Waals surface area contributed by atoms with Crippen LogP contribution in [0.15, 0.2) is 42.0 Å². The number of carbonyl (C=O) groups excluding carboxylic acids is 4. The molecule has 0 spiro atoms. The van der Waals surface area contributed by atoms with Crippen molar-refractivity contribution in [2.45, 2.75) is 13.8 Å². The number of urea groups is 1. The van der Waals surface area contributed by atoms with Crippen molar-refractivity contribution in [2.75, 3.05) is 19.0 Å². The second-order valence-corrected chi connectivity index (χ2v) is 6.86. The van der Waals surface area contributed by atoms with Crippen LogP contribution in [0, 0.1) is 13.8 Å². The van der Waals surface area contributed by atoms with Crippen LogP contribution in [-0.4, -0.2) is 37.5 Å². The molecule has 3 N–H and O–H groups in total. The van der Waals surface area contributed by atoms with E-state index in [9.17, 15) is 19.2 Å². The zero-order valence-corrected chi connectivity index (χ0v) is 17.2. The number of benzene rings is 2. The van der Waals surface area contributed by atoms with Crippen LogP contribution in [0.2, 0.25) is 0 Å². The molecule has 1 aliphatic heterocycles. The molecule has 1 heterocycles. The second kappa shape index (κ2) is 9.12. The van der Waals surface area contributed by atoms with Crippen molar-refractivity contribution in [3.63, 3.8) is 0 Å². The number of ether oxygens (including phenoxy) is 2. The quantitative estimate of drug-likeness (QED) is 0.483. The smallest absolute Gasteiger partial charge is 0.328 e. The highest BCUT2D eigenvalue weighted by molar-refractivity contribution is 6.31. The number of nitrogens with one attached hydrogen (secondary N) is 3. The van der Waals surface area contributed by atoms with E-state index in [0.717, 1.165) is 11.1 Å². The summed E-state index contributed by atoms with van der Waals surface area (Å²) in [6, 6.07) is 9.52. The van der Waals surface area contributed by atoms with Crippen LogP contribution in [-0.2, 0) is 14.4 Å². The third-order valence-electron chi connectivity index (χ3n) is 4.46. The third-order valence-corrected chi connectivity index (χ3v) is 4.46. The Balaban J connectivity index is 1.69. The fourth-order valence-corrected chi connectivity index (χ4v) is 2.95. The van der Waals surface area contributed by atoms with Crippen molar-refractivity contribution >= 4 is 35.5 Å². The average molecular weight is 423 g/mol. The molecule has 0 radical (unpaired) electrons. The van der Waals surface area contributed by atoms with Crippen molar-refractivity contribution in [2.24, 2.45) is 0 Å². The Kier molecular flexibility index (Phi) is 6.35. The summed E-state index contributed by atoms with van der Waals surface area (Å²) in [5.41, 5.74) is 3.00. The largest absolute Gasteiger partial charge is 0.493 e. The van der Waals surface area contributed by atoms with E-state index in [-0.39, 0.29) is 18.1 Å². The minimum Gasteiger partial charge on any atom is -0.493 e. The van der Waals surface area contributed by atoms with E-state index in [1.54, 1.807) is 18.2 Å². The molecule has 2 aromatic carbocycles. The van der Waals surface area contributed by atoms with E-state index in [1.807, 2.05) is 42.7 Å². The highest BCUT2D eigenvalue weighted by atomic mass is 16.5. The first-order valence-corrected chi connectivity index (χ1v) is 9.33. The van der Waals surface area contributed by atoms with Gasteiger partial charge in [0.2, 0.25) is 0 Å². The number of hydrogen-bond acceptors (Lipinski definition) is 6. The Labute approximate surface area is 178 Å². The van der Waals surface area contributed by atoms with Gasteiger partial charge in [0.05, 0.1) is 7.11 Å². The van der Waals surface area contributed by atoms with Gasteiger partial charge in [-0.2, -0.15) is 0 Å². The lowest BCUT2D eigenvalue weighted by Gasteiger charge is -2.15. The molecule has 9 heteroatoms. The van der Waals surface area contributed by atoms with E-state index < -0.39 is 17.8 Å². The molecule has 1 saturated heterocycles. The van der Waals surface area contributed by atoms with Crippen molar-refractivity contribution in [3.05, 3.63) is 58.7 Å². The molecule has 1 aliphatic rings. The van der Waals surface area contributed by atoms with E-state index in [1.165, 1.54) is 13.2 Å². The molecule has 9 nitrogen and oxygen atoms in total.